The molecule has 5 heteroatoms. The average molecular weight is 240 g/mol. The number of hydrogen-bond donors (Lipinski definition) is 1. The number of amides is 1. The van der Waals surface area contributed by atoms with E-state index in [0.29, 0.717) is 5.56 Å². The Bertz CT molecular complexity index is 422. The quantitative estimate of drug-likeness (QED) is 0.800. The lowest BCUT2D eigenvalue weighted by Gasteiger charge is -2.15. The number of methoxy groups -OCH3 is 1. The van der Waals surface area contributed by atoms with Crippen molar-refractivity contribution >= 4 is 11.9 Å². The molecule has 0 radical (unpaired) electrons. The molecule has 1 rings (SSSR count). The van der Waals surface area contributed by atoms with E-state index in [2.05, 4.69) is 10.1 Å². The molecule has 1 atom stereocenters. The minimum absolute atomic E-state index is 0.193. The van der Waals surface area contributed by atoms with Crippen LogP contribution in [0.2, 0.25) is 0 Å². The fourth-order valence-corrected chi connectivity index (χ4v) is 1.39. The lowest BCUT2D eigenvalue weighted by Crippen LogP contribution is -2.41. The van der Waals surface area contributed by atoms with Crippen molar-refractivity contribution in [2.24, 2.45) is 0 Å². The molecule has 0 aliphatic rings. The molecule has 0 unspecified atom stereocenters. The van der Waals surface area contributed by atoms with Crippen LogP contribution in [0, 0.1) is 5.82 Å². The third-order valence-corrected chi connectivity index (χ3v) is 2.17. The van der Waals surface area contributed by atoms with Crippen molar-refractivity contribution in [1.82, 2.24) is 5.32 Å². The van der Waals surface area contributed by atoms with Crippen molar-refractivity contribution in [3.05, 3.63) is 35.6 Å². The number of carbonyl (C=O) groups excluding carboxylic acids is 2. The Morgan fingerprint density at radius 1 is 1.47 bits per heavy atom. The summed E-state index contributed by atoms with van der Waals surface area (Å²) in [6.45, 7) is -0.461. The summed E-state index contributed by atoms with van der Waals surface area (Å²) in [7, 11) is 1.22. The Morgan fingerprint density at radius 2 is 2.12 bits per heavy atom. The molecule has 0 bridgehead atoms. The van der Waals surface area contributed by atoms with Crippen molar-refractivity contribution in [2.75, 3.05) is 7.11 Å². The molecule has 0 fully saturated rings. The van der Waals surface area contributed by atoms with E-state index < -0.39 is 24.8 Å². The lowest BCUT2D eigenvalue weighted by atomic mass is 10.1. The third kappa shape index (κ3) is 4.22. The van der Waals surface area contributed by atoms with Gasteiger partial charge >= 0.3 is 5.97 Å². The van der Waals surface area contributed by atoms with Crippen molar-refractivity contribution in [2.45, 2.75) is 19.4 Å². The second kappa shape index (κ2) is 5.98. The smallest absolute Gasteiger partial charge is 0.328 e. The molecule has 0 spiro atoms. The zero-order chi connectivity index (χ0) is 13.5. The van der Waals surface area contributed by atoms with Gasteiger partial charge in [0.15, 0.2) is 0 Å². The maximum absolute atomic E-state index is 12.7. The molecule has 0 heterocycles. The Morgan fingerprint density at radius 3 is 2.65 bits per heavy atom. The highest BCUT2D eigenvalue weighted by Gasteiger charge is 2.20. The average Bonchev–Trinajstić information content (AvgIpc) is 2.39. The molecule has 1 aromatic carbocycles. The van der Waals surface area contributed by atoms with Gasteiger partial charge in [-0.2, -0.15) is 0 Å². The van der Waals surface area contributed by atoms with Crippen LogP contribution >= 0.6 is 0 Å². The molecule has 0 aromatic heterocycles. The highest BCUT2D eigenvalue weighted by atomic mass is 19.1. The fraction of sp³-hybridized carbons (Fsp3) is 0.333. The summed E-state index contributed by atoms with van der Waals surface area (Å²) in [4.78, 5) is 22.6. The first-order valence-corrected chi connectivity index (χ1v) is 4.97. The fourth-order valence-electron chi connectivity index (χ4n) is 1.39. The topological polar surface area (TPSA) is 55.4 Å². The predicted octanol–water partition coefficient (Wildman–Crippen LogP) is 1.05. The first kappa shape index (κ1) is 11.6. The van der Waals surface area contributed by atoms with E-state index in [1.165, 1.54) is 31.4 Å². The zero-order valence-electron chi connectivity index (χ0n) is 10.4. The molecule has 0 aliphatic heterocycles. The van der Waals surface area contributed by atoms with Gasteiger partial charge in [-0.05, 0) is 17.7 Å². The van der Waals surface area contributed by atoms with Gasteiger partial charge in [0.1, 0.15) is 11.9 Å². The van der Waals surface area contributed by atoms with E-state index in [9.17, 15) is 14.0 Å². The Balaban J connectivity index is 2.74. The van der Waals surface area contributed by atoms with Crippen molar-refractivity contribution in [3.63, 3.8) is 0 Å². The van der Waals surface area contributed by atoms with Gasteiger partial charge in [0.05, 0.1) is 7.11 Å². The molecule has 1 amide bonds. The summed E-state index contributed by atoms with van der Waals surface area (Å²) in [5.74, 6) is -1.53. The summed E-state index contributed by atoms with van der Waals surface area (Å²) in [6, 6.07) is 4.74. The van der Waals surface area contributed by atoms with Crippen LogP contribution in [0.15, 0.2) is 24.3 Å². The molecule has 1 N–H and O–H groups in total. The van der Waals surface area contributed by atoms with Gasteiger partial charge in [0, 0.05) is 14.7 Å². The van der Waals surface area contributed by atoms with Crippen LogP contribution in [0.4, 0.5) is 4.39 Å². The van der Waals surface area contributed by atoms with Gasteiger partial charge in [0.25, 0.3) is 0 Å². The van der Waals surface area contributed by atoms with E-state index >= 15 is 0 Å². The van der Waals surface area contributed by atoms with E-state index in [4.69, 9.17) is 1.37 Å². The van der Waals surface area contributed by atoms with E-state index in [1.54, 1.807) is 0 Å². The van der Waals surface area contributed by atoms with Crippen molar-refractivity contribution in [3.8, 4) is 0 Å². The van der Waals surface area contributed by atoms with Crippen LogP contribution < -0.4 is 5.32 Å². The largest absolute Gasteiger partial charge is 0.467 e. The summed E-state index contributed by atoms with van der Waals surface area (Å²) in [6.07, 6.45) is 0.193. The van der Waals surface area contributed by atoms with E-state index in [0.717, 1.165) is 0 Å². The second-order valence-electron chi connectivity index (χ2n) is 3.47. The molecular formula is C12H14FNO3. The second-order valence-corrected chi connectivity index (χ2v) is 3.47. The van der Waals surface area contributed by atoms with Crippen LogP contribution in [0.3, 0.4) is 0 Å². The van der Waals surface area contributed by atoms with Crippen LogP contribution in [0.5, 0.6) is 0 Å². The van der Waals surface area contributed by atoms with E-state index in [-0.39, 0.29) is 12.2 Å². The summed E-state index contributed by atoms with van der Waals surface area (Å²) in [5.41, 5.74) is 0.692. The normalized spacial score (nSPS) is 12.5. The molecule has 92 valence electrons. The number of carbonyl (C=O) groups is 2. The highest BCUT2D eigenvalue weighted by molar-refractivity contribution is 5.83. The molecular weight excluding hydrogens is 225 g/mol. The lowest BCUT2D eigenvalue weighted by molar-refractivity contribution is -0.144. The minimum atomic E-state index is -0.863. The number of nitrogens with one attached hydrogen (secondary N) is 1. The summed E-state index contributed by atoms with van der Waals surface area (Å²) < 4.78 is 24.2. The molecule has 0 saturated carbocycles. The molecule has 17 heavy (non-hydrogen) atoms. The van der Waals surface area contributed by atoms with Gasteiger partial charge in [-0.25, -0.2) is 9.18 Å². The Labute approximate surface area is 100 Å². The molecule has 1 aromatic rings. The van der Waals surface area contributed by atoms with Crippen molar-refractivity contribution in [1.29, 1.82) is 0 Å². The SMILES string of the molecule is [2H]CC(=O)N[C@@H](Cc1ccc(F)cc1)C(=O)OC. The highest BCUT2D eigenvalue weighted by Crippen LogP contribution is 2.06. The van der Waals surface area contributed by atoms with Crippen LogP contribution in [0.1, 0.15) is 13.8 Å². The number of esters is 1. The number of benzene rings is 1. The maximum atomic E-state index is 12.7. The van der Waals surface area contributed by atoms with Gasteiger partial charge in [-0.15, -0.1) is 0 Å². The predicted molar refractivity (Wildman–Crippen MR) is 59.7 cm³/mol. The van der Waals surface area contributed by atoms with Crippen LogP contribution in [-0.2, 0) is 20.7 Å². The molecule has 4 nitrogen and oxygen atoms in total. The summed E-state index contributed by atoms with van der Waals surface area (Å²) in [5, 5.41) is 2.39. The number of halogens is 1. The van der Waals surface area contributed by atoms with Gasteiger partial charge in [-0.1, -0.05) is 12.1 Å². The molecule has 0 aliphatic carbocycles. The Kier molecular flexibility index (Phi) is 4.07. The maximum Gasteiger partial charge on any atom is 0.328 e. The number of ether oxygens (including phenoxy) is 1. The number of hydrogen-bond acceptors (Lipinski definition) is 3. The summed E-state index contributed by atoms with van der Waals surface area (Å²) >= 11 is 0. The van der Waals surface area contributed by atoms with Gasteiger partial charge in [0.2, 0.25) is 5.91 Å². The third-order valence-electron chi connectivity index (χ3n) is 2.17. The van der Waals surface area contributed by atoms with E-state index in [1.807, 2.05) is 0 Å². The standard InChI is InChI=1S/C12H14FNO3/c1-8(15)14-11(12(16)17-2)7-9-3-5-10(13)6-4-9/h3-6,11H,7H2,1-2H3,(H,14,15)/t11-/m0/s1/i1D. The zero-order valence-corrected chi connectivity index (χ0v) is 9.40. The molecule has 0 saturated heterocycles. The number of rotatable bonds is 4. The van der Waals surface area contributed by atoms with Crippen molar-refractivity contribution < 1.29 is 20.1 Å². The monoisotopic (exact) mass is 240 g/mol. The van der Waals surface area contributed by atoms with Gasteiger partial charge in [-0.3, -0.25) is 4.79 Å². The van der Waals surface area contributed by atoms with Crippen LogP contribution in [-0.4, -0.2) is 25.0 Å². The van der Waals surface area contributed by atoms with Crippen LogP contribution in [0.25, 0.3) is 0 Å². The van der Waals surface area contributed by atoms with Gasteiger partial charge < -0.3 is 10.1 Å². The Hall–Kier alpha value is -1.91. The first-order chi connectivity index (χ1) is 8.56. The minimum Gasteiger partial charge on any atom is -0.467 e. The first-order valence-electron chi connectivity index (χ1n) is 5.68.